The van der Waals surface area contributed by atoms with Crippen LogP contribution in [0.25, 0.3) is 0 Å². The van der Waals surface area contributed by atoms with Gasteiger partial charge in [-0.3, -0.25) is 0 Å². The van der Waals surface area contributed by atoms with Gasteiger partial charge in [0.2, 0.25) is 0 Å². The molecular formula is C39H44O9. The molecule has 2 N–H and O–H groups in total. The third kappa shape index (κ3) is 9.15. The van der Waals surface area contributed by atoms with E-state index in [1.165, 1.54) is 0 Å². The lowest BCUT2D eigenvalue weighted by Gasteiger charge is -2.47. The van der Waals surface area contributed by atoms with Crippen LogP contribution in [0.3, 0.4) is 0 Å². The van der Waals surface area contributed by atoms with Gasteiger partial charge in [-0.1, -0.05) is 121 Å². The third-order valence-electron chi connectivity index (χ3n) is 8.61. The largest absolute Gasteiger partial charge is 0.387 e. The van der Waals surface area contributed by atoms with E-state index < -0.39 is 55.3 Å². The van der Waals surface area contributed by atoms with Crippen LogP contribution in [-0.2, 0) is 59.6 Å². The zero-order valence-electron chi connectivity index (χ0n) is 27.0. The van der Waals surface area contributed by atoms with Gasteiger partial charge in [0, 0.05) is 0 Å². The second-order valence-corrected chi connectivity index (χ2v) is 12.1. The lowest BCUT2D eigenvalue weighted by Crippen LogP contribution is -2.63. The van der Waals surface area contributed by atoms with Crippen LogP contribution in [0, 0.1) is 0 Å². The van der Waals surface area contributed by atoms with E-state index in [1.54, 1.807) is 0 Å². The molecule has 254 valence electrons. The molecule has 9 heteroatoms. The molecule has 9 nitrogen and oxygen atoms in total. The lowest BCUT2D eigenvalue weighted by molar-refractivity contribution is -0.362. The van der Waals surface area contributed by atoms with Gasteiger partial charge in [0.15, 0.2) is 12.6 Å². The van der Waals surface area contributed by atoms with Crippen molar-refractivity contribution < 1.29 is 43.4 Å². The molecule has 0 aliphatic carbocycles. The van der Waals surface area contributed by atoms with Crippen LogP contribution in [0.2, 0.25) is 0 Å². The minimum absolute atomic E-state index is 0.00308. The summed E-state index contributed by atoms with van der Waals surface area (Å²) in [5.74, 6) is 0. The van der Waals surface area contributed by atoms with Crippen LogP contribution in [-0.4, -0.2) is 72.1 Å². The second-order valence-electron chi connectivity index (χ2n) is 12.1. The van der Waals surface area contributed by atoms with Crippen molar-refractivity contribution in [3.05, 3.63) is 144 Å². The molecule has 2 saturated heterocycles. The number of benzene rings is 4. The van der Waals surface area contributed by atoms with Gasteiger partial charge >= 0.3 is 0 Å². The molecule has 0 bridgehead atoms. The molecule has 0 aromatic heterocycles. The molecule has 9 atom stereocenters. The first-order valence-electron chi connectivity index (χ1n) is 16.5. The number of aliphatic hydroxyl groups excluding tert-OH is 2. The van der Waals surface area contributed by atoms with Crippen molar-refractivity contribution in [1.29, 1.82) is 0 Å². The molecule has 0 radical (unpaired) electrons. The quantitative estimate of drug-likeness (QED) is 0.190. The molecule has 0 spiro atoms. The van der Waals surface area contributed by atoms with Crippen LogP contribution < -0.4 is 0 Å². The monoisotopic (exact) mass is 656 g/mol. The van der Waals surface area contributed by atoms with Gasteiger partial charge in [-0.15, -0.1) is 0 Å². The van der Waals surface area contributed by atoms with E-state index in [9.17, 15) is 10.2 Å². The van der Waals surface area contributed by atoms with Gasteiger partial charge in [0.1, 0.15) is 36.6 Å². The topological polar surface area (TPSA) is 105 Å². The van der Waals surface area contributed by atoms with Gasteiger partial charge in [-0.2, -0.15) is 0 Å². The van der Waals surface area contributed by atoms with E-state index in [2.05, 4.69) is 0 Å². The second kappa shape index (κ2) is 17.3. The van der Waals surface area contributed by atoms with Gasteiger partial charge in [0.05, 0.1) is 39.1 Å². The van der Waals surface area contributed by atoms with Gasteiger partial charge < -0.3 is 43.4 Å². The Hall–Kier alpha value is -3.48. The molecule has 2 fully saturated rings. The number of hydrogen-bond acceptors (Lipinski definition) is 9. The highest BCUT2D eigenvalue weighted by atomic mass is 16.7. The molecule has 6 rings (SSSR count). The first-order chi connectivity index (χ1) is 23.5. The third-order valence-corrected chi connectivity index (χ3v) is 8.61. The molecule has 2 heterocycles. The van der Waals surface area contributed by atoms with Crippen molar-refractivity contribution in [2.45, 2.75) is 88.7 Å². The summed E-state index contributed by atoms with van der Waals surface area (Å²) in [7, 11) is 0. The Balaban J connectivity index is 1.24. The van der Waals surface area contributed by atoms with Gasteiger partial charge in [-0.05, 0) is 29.2 Å². The first kappa shape index (κ1) is 34.4. The lowest BCUT2D eigenvalue weighted by atomic mass is 9.98. The van der Waals surface area contributed by atoms with Crippen molar-refractivity contribution in [2.24, 2.45) is 0 Å². The Morgan fingerprint density at radius 2 is 0.958 bits per heavy atom. The standard InChI is InChI=1S/C39H44O9/c1-27-34(43-23-29-16-8-3-9-17-29)36(44-24-30-18-10-4-11-19-30)37(45-25-31-20-12-5-13-21-31)39(47-27)48-35-33(40)32(26-46-38(35)41)42-22-28-14-6-2-7-15-28/h2-21,27,32-41H,22-26H2,1H3/t27-,32+,33-,34-,35-,36+,37+,38-,39-/m0/s1. The summed E-state index contributed by atoms with van der Waals surface area (Å²) in [4.78, 5) is 0. The number of rotatable bonds is 14. The summed E-state index contributed by atoms with van der Waals surface area (Å²) in [5, 5.41) is 22.3. The van der Waals surface area contributed by atoms with Crippen LogP contribution in [0.15, 0.2) is 121 Å². The predicted octanol–water partition coefficient (Wildman–Crippen LogP) is 5.17. The molecule has 0 amide bonds. The average Bonchev–Trinajstić information content (AvgIpc) is 3.13. The highest BCUT2D eigenvalue weighted by Gasteiger charge is 2.51. The summed E-state index contributed by atoms with van der Waals surface area (Å²) >= 11 is 0. The van der Waals surface area contributed by atoms with E-state index in [4.69, 9.17) is 33.2 Å². The molecule has 4 aromatic carbocycles. The maximum Gasteiger partial charge on any atom is 0.187 e. The molecular weight excluding hydrogens is 612 g/mol. The highest BCUT2D eigenvalue weighted by molar-refractivity contribution is 5.16. The van der Waals surface area contributed by atoms with Crippen molar-refractivity contribution in [3.8, 4) is 0 Å². The first-order valence-corrected chi connectivity index (χ1v) is 16.5. The van der Waals surface area contributed by atoms with Crippen molar-refractivity contribution in [2.75, 3.05) is 6.61 Å². The van der Waals surface area contributed by atoms with E-state index >= 15 is 0 Å². The Kier molecular flexibility index (Phi) is 12.4. The van der Waals surface area contributed by atoms with Gasteiger partial charge in [0.25, 0.3) is 0 Å². The summed E-state index contributed by atoms with van der Waals surface area (Å²) < 4.78 is 44.2. The molecule has 2 aliphatic heterocycles. The van der Waals surface area contributed by atoms with E-state index in [1.807, 2.05) is 128 Å². The fraction of sp³-hybridized carbons (Fsp3) is 0.385. The maximum absolute atomic E-state index is 11.4. The van der Waals surface area contributed by atoms with Crippen LogP contribution >= 0.6 is 0 Å². The Labute approximate surface area is 281 Å². The molecule has 0 unspecified atom stereocenters. The Bertz CT molecular complexity index is 1480. The summed E-state index contributed by atoms with van der Waals surface area (Å²) in [6, 6.07) is 39.2. The summed E-state index contributed by atoms with van der Waals surface area (Å²) in [5.41, 5.74) is 3.90. The normalized spacial score (nSPS) is 29.0. The summed E-state index contributed by atoms with van der Waals surface area (Å²) in [6.07, 6.45) is -8.08. The highest BCUT2D eigenvalue weighted by Crippen LogP contribution is 2.33. The molecule has 4 aromatic rings. The van der Waals surface area contributed by atoms with Crippen molar-refractivity contribution in [3.63, 3.8) is 0 Å². The average molecular weight is 657 g/mol. The SMILES string of the molecule is C[C@@H]1O[C@@H](O[C@H]2[C@@H](O)[C@H](OCc3ccccc3)CO[C@@H]2O)[C@H](OCc2ccccc2)[C@H](OCc2ccccc2)[C@H]1OCc1ccccc1. The smallest absolute Gasteiger partial charge is 0.187 e. The Morgan fingerprint density at radius 1 is 0.542 bits per heavy atom. The van der Waals surface area contributed by atoms with Gasteiger partial charge in [-0.25, -0.2) is 0 Å². The summed E-state index contributed by atoms with van der Waals surface area (Å²) in [6.45, 7) is 3.06. The number of hydrogen-bond donors (Lipinski definition) is 2. The fourth-order valence-corrected chi connectivity index (χ4v) is 5.97. The minimum atomic E-state index is -1.42. The van der Waals surface area contributed by atoms with E-state index in [0.29, 0.717) is 13.2 Å². The van der Waals surface area contributed by atoms with Crippen LogP contribution in [0.5, 0.6) is 0 Å². The molecule has 2 aliphatic rings. The van der Waals surface area contributed by atoms with Crippen molar-refractivity contribution >= 4 is 0 Å². The number of ether oxygens (including phenoxy) is 7. The zero-order chi connectivity index (χ0) is 33.1. The van der Waals surface area contributed by atoms with Crippen LogP contribution in [0.4, 0.5) is 0 Å². The Morgan fingerprint density at radius 3 is 1.44 bits per heavy atom. The fourth-order valence-electron chi connectivity index (χ4n) is 5.97. The number of aliphatic hydroxyl groups is 2. The van der Waals surface area contributed by atoms with E-state index in [0.717, 1.165) is 22.3 Å². The van der Waals surface area contributed by atoms with Crippen molar-refractivity contribution in [1.82, 2.24) is 0 Å². The molecule has 48 heavy (non-hydrogen) atoms. The predicted molar refractivity (Wildman–Crippen MR) is 177 cm³/mol. The zero-order valence-corrected chi connectivity index (χ0v) is 27.0. The maximum atomic E-state index is 11.4. The van der Waals surface area contributed by atoms with Crippen LogP contribution in [0.1, 0.15) is 29.2 Å². The van der Waals surface area contributed by atoms with E-state index in [-0.39, 0.29) is 19.8 Å². The minimum Gasteiger partial charge on any atom is -0.387 e. The molecule has 0 saturated carbocycles.